The molecule has 0 aliphatic heterocycles. The average molecular weight is 377 g/mol. The number of halogens is 2. The standard InChI is InChI=1S/C13H18BrN5O.ClH/c1-7(2)9-8(14)10(18-17-9)11-16-12(19-20-11)13(15)5-3-4-6-13;/h7H,3-6,15H2,1-2H3,(H,17,18);1H. The summed E-state index contributed by atoms with van der Waals surface area (Å²) in [5.41, 5.74) is 7.56. The van der Waals surface area contributed by atoms with Gasteiger partial charge in [0, 0.05) is 0 Å². The lowest BCUT2D eigenvalue weighted by Crippen LogP contribution is -2.34. The van der Waals surface area contributed by atoms with Gasteiger partial charge in [-0.25, -0.2) is 0 Å². The zero-order valence-electron chi connectivity index (χ0n) is 12.0. The fourth-order valence-electron chi connectivity index (χ4n) is 2.62. The summed E-state index contributed by atoms with van der Waals surface area (Å²) in [6.45, 7) is 4.18. The van der Waals surface area contributed by atoms with Crippen molar-refractivity contribution in [2.75, 3.05) is 0 Å². The van der Waals surface area contributed by atoms with Crippen molar-refractivity contribution in [2.45, 2.75) is 51.0 Å². The molecule has 3 rings (SSSR count). The summed E-state index contributed by atoms with van der Waals surface area (Å²) in [6.07, 6.45) is 4.05. The van der Waals surface area contributed by atoms with E-state index in [1.54, 1.807) is 0 Å². The van der Waals surface area contributed by atoms with E-state index in [4.69, 9.17) is 10.3 Å². The second kappa shape index (κ2) is 6.06. The molecule has 0 aromatic carbocycles. The van der Waals surface area contributed by atoms with Crippen LogP contribution < -0.4 is 5.73 Å². The maximum Gasteiger partial charge on any atom is 0.279 e. The number of rotatable bonds is 3. The largest absolute Gasteiger partial charge is 0.332 e. The van der Waals surface area contributed by atoms with Crippen molar-refractivity contribution in [2.24, 2.45) is 5.73 Å². The third-order valence-corrected chi connectivity index (χ3v) is 4.68. The van der Waals surface area contributed by atoms with Gasteiger partial charge in [0.2, 0.25) is 0 Å². The second-order valence-electron chi connectivity index (χ2n) is 5.74. The van der Waals surface area contributed by atoms with E-state index in [2.05, 4.69) is 50.1 Å². The highest BCUT2D eigenvalue weighted by atomic mass is 79.9. The summed E-state index contributed by atoms with van der Waals surface area (Å²) in [6, 6.07) is 0. The summed E-state index contributed by atoms with van der Waals surface area (Å²) < 4.78 is 6.22. The Kier molecular flexibility index (Phi) is 4.75. The topological polar surface area (TPSA) is 93.6 Å². The van der Waals surface area contributed by atoms with Gasteiger partial charge in [0.1, 0.15) is 0 Å². The van der Waals surface area contributed by atoms with E-state index in [1.165, 1.54) is 0 Å². The molecule has 21 heavy (non-hydrogen) atoms. The van der Waals surface area contributed by atoms with Crippen LogP contribution >= 0.6 is 28.3 Å². The van der Waals surface area contributed by atoms with Gasteiger partial charge in [-0.05, 0) is 34.7 Å². The third kappa shape index (κ3) is 2.86. The number of nitrogens with one attached hydrogen (secondary N) is 1. The van der Waals surface area contributed by atoms with Gasteiger partial charge in [0.05, 0.1) is 15.7 Å². The normalized spacial score (nSPS) is 17.2. The van der Waals surface area contributed by atoms with Crippen LogP contribution in [0, 0.1) is 0 Å². The van der Waals surface area contributed by atoms with Gasteiger partial charge in [0.15, 0.2) is 11.5 Å². The number of aromatic nitrogens is 4. The third-order valence-electron chi connectivity index (χ3n) is 3.88. The van der Waals surface area contributed by atoms with Crippen LogP contribution in [0.15, 0.2) is 9.00 Å². The van der Waals surface area contributed by atoms with Crippen molar-refractivity contribution in [1.82, 2.24) is 20.3 Å². The number of aromatic amines is 1. The molecule has 0 bridgehead atoms. The Bertz CT molecular complexity index is 618. The Morgan fingerprint density at radius 1 is 1.33 bits per heavy atom. The first-order valence-electron chi connectivity index (χ1n) is 6.88. The van der Waals surface area contributed by atoms with Crippen molar-refractivity contribution in [3.63, 3.8) is 0 Å². The molecule has 0 radical (unpaired) electrons. The highest BCUT2D eigenvalue weighted by Crippen LogP contribution is 2.37. The lowest BCUT2D eigenvalue weighted by Gasteiger charge is -2.17. The molecule has 3 N–H and O–H groups in total. The van der Waals surface area contributed by atoms with Crippen molar-refractivity contribution < 1.29 is 4.52 Å². The molecule has 1 aliphatic carbocycles. The van der Waals surface area contributed by atoms with E-state index in [1.807, 2.05) is 0 Å². The number of nitrogens with two attached hydrogens (primary N) is 1. The van der Waals surface area contributed by atoms with Gasteiger partial charge in [-0.15, -0.1) is 12.4 Å². The highest BCUT2D eigenvalue weighted by molar-refractivity contribution is 9.10. The molecule has 6 nitrogen and oxygen atoms in total. The van der Waals surface area contributed by atoms with Crippen LogP contribution in [0.4, 0.5) is 0 Å². The van der Waals surface area contributed by atoms with E-state index >= 15 is 0 Å². The van der Waals surface area contributed by atoms with Gasteiger partial charge >= 0.3 is 0 Å². The molecule has 0 amide bonds. The van der Waals surface area contributed by atoms with Gasteiger partial charge in [-0.1, -0.05) is 31.8 Å². The minimum Gasteiger partial charge on any atom is -0.332 e. The molecule has 1 aliphatic rings. The molecular formula is C13H19BrClN5O. The molecule has 2 aromatic rings. The van der Waals surface area contributed by atoms with Gasteiger partial charge in [0.25, 0.3) is 5.89 Å². The summed E-state index contributed by atoms with van der Waals surface area (Å²) >= 11 is 3.54. The van der Waals surface area contributed by atoms with Gasteiger partial charge in [-0.3, -0.25) is 5.10 Å². The Morgan fingerprint density at radius 3 is 2.57 bits per heavy atom. The van der Waals surface area contributed by atoms with Crippen LogP contribution in [-0.4, -0.2) is 20.3 Å². The smallest absolute Gasteiger partial charge is 0.279 e. The van der Waals surface area contributed by atoms with Crippen LogP contribution in [0.1, 0.15) is 57.0 Å². The van der Waals surface area contributed by atoms with Crippen LogP contribution in [0.25, 0.3) is 11.6 Å². The fourth-order valence-corrected chi connectivity index (χ4v) is 3.42. The van der Waals surface area contributed by atoms with Gasteiger partial charge in [-0.2, -0.15) is 10.1 Å². The minimum absolute atomic E-state index is 0. The highest BCUT2D eigenvalue weighted by Gasteiger charge is 2.36. The molecule has 0 unspecified atom stereocenters. The molecule has 2 aromatic heterocycles. The summed E-state index contributed by atoms with van der Waals surface area (Å²) in [7, 11) is 0. The molecular weight excluding hydrogens is 358 g/mol. The van der Waals surface area contributed by atoms with E-state index in [0.717, 1.165) is 35.8 Å². The molecule has 1 saturated carbocycles. The summed E-state index contributed by atoms with van der Waals surface area (Å²) in [4.78, 5) is 4.45. The number of H-pyrrole nitrogens is 1. The summed E-state index contributed by atoms with van der Waals surface area (Å²) in [5, 5.41) is 11.3. The maximum atomic E-state index is 6.34. The van der Waals surface area contributed by atoms with Crippen molar-refractivity contribution in [3.05, 3.63) is 16.0 Å². The van der Waals surface area contributed by atoms with Crippen LogP contribution in [0.5, 0.6) is 0 Å². The Hall–Kier alpha value is -0.920. The average Bonchev–Trinajstić information content (AvgIpc) is 3.07. The Morgan fingerprint density at radius 2 is 2.00 bits per heavy atom. The first-order valence-corrected chi connectivity index (χ1v) is 7.68. The van der Waals surface area contributed by atoms with E-state index in [-0.39, 0.29) is 12.4 Å². The molecule has 2 heterocycles. The van der Waals surface area contributed by atoms with Crippen molar-refractivity contribution in [1.29, 1.82) is 0 Å². The first kappa shape index (κ1) is 16.5. The molecule has 116 valence electrons. The predicted octanol–water partition coefficient (Wildman–Crippen LogP) is 3.50. The number of nitrogens with zero attached hydrogens (tertiary/aromatic N) is 3. The zero-order valence-corrected chi connectivity index (χ0v) is 14.4. The molecule has 0 atom stereocenters. The van der Waals surface area contributed by atoms with E-state index < -0.39 is 5.54 Å². The SMILES string of the molecule is CC(C)c1[nH]nc(-c2nc(C3(N)CCCC3)no2)c1Br.Cl. The lowest BCUT2D eigenvalue weighted by atomic mass is 9.99. The Balaban J connectivity index is 0.00000161. The second-order valence-corrected chi connectivity index (χ2v) is 6.53. The van der Waals surface area contributed by atoms with Crippen LogP contribution in [0.3, 0.4) is 0 Å². The van der Waals surface area contributed by atoms with Crippen molar-refractivity contribution >= 4 is 28.3 Å². The van der Waals surface area contributed by atoms with Crippen LogP contribution in [0.2, 0.25) is 0 Å². The summed E-state index contributed by atoms with van der Waals surface area (Å²) in [5.74, 6) is 1.33. The molecule has 8 heteroatoms. The first-order chi connectivity index (χ1) is 9.51. The Labute approximate surface area is 137 Å². The number of hydrogen-bond acceptors (Lipinski definition) is 5. The molecule has 0 saturated heterocycles. The zero-order chi connectivity index (χ0) is 14.3. The quantitative estimate of drug-likeness (QED) is 0.855. The minimum atomic E-state index is -0.439. The fraction of sp³-hybridized carbons (Fsp3) is 0.615. The van der Waals surface area contributed by atoms with Crippen molar-refractivity contribution in [3.8, 4) is 11.6 Å². The maximum absolute atomic E-state index is 6.34. The lowest BCUT2D eigenvalue weighted by molar-refractivity contribution is 0.372. The predicted molar refractivity (Wildman–Crippen MR) is 85.3 cm³/mol. The molecule has 1 fully saturated rings. The monoisotopic (exact) mass is 375 g/mol. The van der Waals surface area contributed by atoms with E-state index in [9.17, 15) is 0 Å². The van der Waals surface area contributed by atoms with Crippen LogP contribution in [-0.2, 0) is 5.54 Å². The van der Waals surface area contributed by atoms with Gasteiger partial charge < -0.3 is 10.3 Å². The van der Waals surface area contributed by atoms with E-state index in [0.29, 0.717) is 23.3 Å². The molecule has 0 spiro atoms. The number of hydrogen-bond donors (Lipinski definition) is 2.